The van der Waals surface area contributed by atoms with E-state index in [4.69, 9.17) is 11.6 Å². The van der Waals surface area contributed by atoms with Gasteiger partial charge >= 0.3 is 0 Å². The summed E-state index contributed by atoms with van der Waals surface area (Å²) in [5.41, 5.74) is 0. The van der Waals surface area contributed by atoms with Crippen molar-refractivity contribution in [2.24, 2.45) is 4.99 Å². The molecule has 4 nitrogen and oxygen atoms in total. The Bertz CT molecular complexity index is 403. The van der Waals surface area contributed by atoms with Crippen molar-refractivity contribution in [2.75, 3.05) is 13.6 Å². The first-order chi connectivity index (χ1) is 8.19. The predicted molar refractivity (Wildman–Crippen MR) is 71.8 cm³/mol. The fraction of sp³-hybridized carbons (Fsp3) is 0.545. The van der Waals surface area contributed by atoms with Crippen LogP contribution in [0.5, 0.6) is 0 Å². The molecule has 1 aromatic heterocycles. The standard InChI is InChI=1S/C11H16ClN3OS/c1-13-11(15-7-2-3-7)14-6-8(16)9-4-5-10(12)17-9/h4-5,7-8,16H,2-3,6H2,1H3,(H2,13,14,15). The van der Waals surface area contributed by atoms with Crippen LogP contribution in [-0.2, 0) is 0 Å². The second-order valence-electron chi connectivity index (χ2n) is 4.03. The Morgan fingerprint density at radius 3 is 2.94 bits per heavy atom. The zero-order valence-corrected chi connectivity index (χ0v) is 11.2. The van der Waals surface area contributed by atoms with Crippen molar-refractivity contribution in [3.63, 3.8) is 0 Å². The number of halogens is 1. The monoisotopic (exact) mass is 273 g/mol. The summed E-state index contributed by atoms with van der Waals surface area (Å²) in [4.78, 5) is 4.96. The molecule has 17 heavy (non-hydrogen) atoms. The van der Waals surface area contributed by atoms with Crippen LogP contribution < -0.4 is 10.6 Å². The van der Waals surface area contributed by atoms with Gasteiger partial charge in [-0.25, -0.2) is 0 Å². The molecular formula is C11H16ClN3OS. The van der Waals surface area contributed by atoms with E-state index in [2.05, 4.69) is 15.6 Å². The highest BCUT2D eigenvalue weighted by Crippen LogP contribution is 2.26. The first-order valence-electron chi connectivity index (χ1n) is 5.59. The van der Waals surface area contributed by atoms with Gasteiger partial charge in [0.2, 0.25) is 0 Å². The zero-order chi connectivity index (χ0) is 12.3. The second kappa shape index (κ2) is 5.71. The average molecular weight is 274 g/mol. The number of aliphatic hydroxyl groups is 1. The van der Waals surface area contributed by atoms with Gasteiger partial charge in [-0.1, -0.05) is 11.6 Å². The lowest BCUT2D eigenvalue weighted by Gasteiger charge is -2.14. The third kappa shape index (κ3) is 3.87. The number of nitrogens with one attached hydrogen (secondary N) is 2. The van der Waals surface area contributed by atoms with Crippen molar-refractivity contribution in [3.05, 3.63) is 21.3 Å². The molecule has 3 N–H and O–H groups in total. The van der Waals surface area contributed by atoms with E-state index >= 15 is 0 Å². The summed E-state index contributed by atoms with van der Waals surface area (Å²) in [7, 11) is 1.73. The molecule has 2 rings (SSSR count). The third-order valence-corrected chi connectivity index (χ3v) is 3.86. The summed E-state index contributed by atoms with van der Waals surface area (Å²) in [6.45, 7) is 0.434. The summed E-state index contributed by atoms with van der Waals surface area (Å²) in [6.07, 6.45) is 1.85. The van der Waals surface area contributed by atoms with Crippen LogP contribution in [0, 0.1) is 0 Å². The molecule has 94 valence electrons. The third-order valence-electron chi connectivity index (χ3n) is 2.53. The van der Waals surface area contributed by atoms with E-state index in [1.807, 2.05) is 6.07 Å². The maximum absolute atomic E-state index is 9.93. The first-order valence-corrected chi connectivity index (χ1v) is 6.79. The van der Waals surface area contributed by atoms with E-state index < -0.39 is 6.10 Å². The quantitative estimate of drug-likeness (QED) is 0.579. The number of thiophene rings is 1. The zero-order valence-electron chi connectivity index (χ0n) is 9.61. The van der Waals surface area contributed by atoms with E-state index in [1.165, 1.54) is 24.2 Å². The van der Waals surface area contributed by atoms with Gasteiger partial charge in [0.15, 0.2) is 5.96 Å². The van der Waals surface area contributed by atoms with Gasteiger partial charge in [-0.2, -0.15) is 0 Å². The molecule has 1 atom stereocenters. The Labute approximate surface area is 110 Å². The highest BCUT2D eigenvalue weighted by molar-refractivity contribution is 7.16. The fourth-order valence-corrected chi connectivity index (χ4v) is 2.46. The lowest BCUT2D eigenvalue weighted by Crippen LogP contribution is -2.40. The summed E-state index contributed by atoms with van der Waals surface area (Å²) < 4.78 is 0.694. The molecule has 1 saturated carbocycles. The lowest BCUT2D eigenvalue weighted by molar-refractivity contribution is 0.184. The molecule has 0 spiro atoms. The van der Waals surface area contributed by atoms with Gasteiger partial charge in [-0.05, 0) is 25.0 Å². The Morgan fingerprint density at radius 2 is 2.41 bits per heavy atom. The number of aliphatic imine (C=N–C) groups is 1. The van der Waals surface area contributed by atoms with Crippen LogP contribution in [0.25, 0.3) is 0 Å². The van der Waals surface area contributed by atoms with E-state index in [-0.39, 0.29) is 0 Å². The minimum absolute atomic E-state index is 0.434. The summed E-state index contributed by atoms with van der Waals surface area (Å²) >= 11 is 7.22. The maximum Gasteiger partial charge on any atom is 0.191 e. The number of hydrogen-bond donors (Lipinski definition) is 3. The number of aliphatic hydroxyl groups excluding tert-OH is 1. The van der Waals surface area contributed by atoms with E-state index in [0.29, 0.717) is 16.9 Å². The van der Waals surface area contributed by atoms with Crippen molar-refractivity contribution in [1.29, 1.82) is 0 Å². The smallest absolute Gasteiger partial charge is 0.191 e. The minimum atomic E-state index is -0.551. The highest BCUT2D eigenvalue weighted by atomic mass is 35.5. The van der Waals surface area contributed by atoms with Gasteiger partial charge in [0.05, 0.1) is 4.34 Å². The highest BCUT2D eigenvalue weighted by Gasteiger charge is 2.22. The summed E-state index contributed by atoms with van der Waals surface area (Å²) in [5, 5.41) is 16.3. The SMILES string of the molecule is CN=C(NCC(O)c1ccc(Cl)s1)NC1CC1. The van der Waals surface area contributed by atoms with Crippen molar-refractivity contribution in [2.45, 2.75) is 25.0 Å². The molecule has 0 aromatic carbocycles. The lowest BCUT2D eigenvalue weighted by atomic mass is 10.3. The van der Waals surface area contributed by atoms with Gasteiger partial charge < -0.3 is 15.7 Å². The van der Waals surface area contributed by atoms with Crippen molar-refractivity contribution < 1.29 is 5.11 Å². The van der Waals surface area contributed by atoms with Crippen molar-refractivity contribution >= 4 is 28.9 Å². The molecule has 0 bridgehead atoms. The Hall–Kier alpha value is -0.780. The molecule has 1 heterocycles. The number of guanidine groups is 1. The van der Waals surface area contributed by atoms with Crippen LogP contribution in [0.2, 0.25) is 4.34 Å². The molecule has 1 aromatic rings. The van der Waals surface area contributed by atoms with Gasteiger partial charge in [0.1, 0.15) is 6.10 Å². The number of hydrogen-bond acceptors (Lipinski definition) is 3. The topological polar surface area (TPSA) is 56.7 Å². The van der Waals surface area contributed by atoms with Crippen LogP contribution >= 0.6 is 22.9 Å². The van der Waals surface area contributed by atoms with E-state index in [0.717, 1.165) is 10.8 Å². The minimum Gasteiger partial charge on any atom is -0.386 e. The molecule has 0 amide bonds. The molecule has 1 fully saturated rings. The summed E-state index contributed by atoms with van der Waals surface area (Å²) in [5.74, 6) is 0.745. The molecule has 0 aliphatic heterocycles. The van der Waals surface area contributed by atoms with Crippen LogP contribution in [0.1, 0.15) is 23.8 Å². The molecule has 6 heteroatoms. The Balaban J connectivity index is 1.80. The Kier molecular flexibility index (Phi) is 4.25. The van der Waals surface area contributed by atoms with Gasteiger partial charge in [-0.15, -0.1) is 11.3 Å². The van der Waals surface area contributed by atoms with Gasteiger partial charge in [0, 0.05) is 24.5 Å². The van der Waals surface area contributed by atoms with E-state index in [9.17, 15) is 5.11 Å². The normalized spacial score (nSPS) is 17.9. The average Bonchev–Trinajstić information content (AvgIpc) is 3.04. The van der Waals surface area contributed by atoms with Gasteiger partial charge in [-0.3, -0.25) is 4.99 Å². The predicted octanol–water partition coefficient (Wildman–Crippen LogP) is 1.76. The second-order valence-corrected chi connectivity index (χ2v) is 5.78. The van der Waals surface area contributed by atoms with E-state index in [1.54, 1.807) is 13.1 Å². The van der Waals surface area contributed by atoms with Crippen LogP contribution in [0.15, 0.2) is 17.1 Å². The fourth-order valence-electron chi connectivity index (χ4n) is 1.42. The van der Waals surface area contributed by atoms with Crippen molar-refractivity contribution in [1.82, 2.24) is 10.6 Å². The van der Waals surface area contributed by atoms with Crippen molar-refractivity contribution in [3.8, 4) is 0 Å². The number of nitrogens with zero attached hydrogens (tertiary/aromatic N) is 1. The first kappa shape index (κ1) is 12.7. The molecule has 0 radical (unpaired) electrons. The summed E-state index contributed by atoms with van der Waals surface area (Å²) in [6, 6.07) is 4.19. The Morgan fingerprint density at radius 1 is 1.65 bits per heavy atom. The molecule has 0 saturated heterocycles. The van der Waals surface area contributed by atoms with Crippen LogP contribution in [-0.4, -0.2) is 30.7 Å². The molecule has 1 aliphatic carbocycles. The van der Waals surface area contributed by atoms with Gasteiger partial charge in [0.25, 0.3) is 0 Å². The number of rotatable bonds is 4. The van der Waals surface area contributed by atoms with Crippen LogP contribution in [0.4, 0.5) is 0 Å². The largest absolute Gasteiger partial charge is 0.386 e. The molecular weight excluding hydrogens is 258 g/mol. The molecule has 1 unspecified atom stereocenters. The van der Waals surface area contributed by atoms with Crippen LogP contribution in [0.3, 0.4) is 0 Å². The maximum atomic E-state index is 9.93. The molecule has 1 aliphatic rings.